The van der Waals surface area contributed by atoms with Crippen molar-refractivity contribution < 1.29 is 4.79 Å². The predicted octanol–water partition coefficient (Wildman–Crippen LogP) is 1.53. The zero-order valence-corrected chi connectivity index (χ0v) is 11.2. The standard InChI is InChI=1S/C12H16N4OS/c1-8-5-3-4-6-10(8)14-11(17)7-9(2)15-16-12(13)18/h3-6H,7H2,1-2H3,(H,14,17)(H3,13,16,18)/b15-9-. The fourth-order valence-electron chi connectivity index (χ4n) is 1.33. The number of thiocarbonyl (C=S) groups is 1. The molecule has 0 saturated carbocycles. The highest BCUT2D eigenvalue weighted by Crippen LogP contribution is 2.13. The first kappa shape index (κ1) is 14.1. The summed E-state index contributed by atoms with van der Waals surface area (Å²) in [6.07, 6.45) is 0.184. The van der Waals surface area contributed by atoms with Gasteiger partial charge in [0.25, 0.3) is 0 Å². The normalized spacial score (nSPS) is 10.9. The second kappa shape index (κ2) is 6.70. The first-order chi connectivity index (χ1) is 8.49. The number of nitrogens with two attached hydrogens (primary N) is 1. The summed E-state index contributed by atoms with van der Waals surface area (Å²) in [5.41, 5.74) is 10.1. The van der Waals surface area contributed by atoms with E-state index in [-0.39, 0.29) is 17.4 Å². The van der Waals surface area contributed by atoms with Crippen LogP contribution in [0.1, 0.15) is 18.9 Å². The van der Waals surface area contributed by atoms with Crippen molar-refractivity contribution in [3.05, 3.63) is 29.8 Å². The van der Waals surface area contributed by atoms with Gasteiger partial charge in [-0.25, -0.2) is 0 Å². The minimum absolute atomic E-state index is 0.0775. The largest absolute Gasteiger partial charge is 0.375 e. The summed E-state index contributed by atoms with van der Waals surface area (Å²) in [5.74, 6) is -0.129. The van der Waals surface area contributed by atoms with Gasteiger partial charge in [-0.05, 0) is 37.7 Å². The molecular weight excluding hydrogens is 248 g/mol. The van der Waals surface area contributed by atoms with Crippen LogP contribution in [-0.4, -0.2) is 16.7 Å². The zero-order valence-electron chi connectivity index (χ0n) is 10.4. The number of amides is 1. The van der Waals surface area contributed by atoms with Crippen molar-refractivity contribution in [2.75, 3.05) is 5.32 Å². The van der Waals surface area contributed by atoms with Crippen molar-refractivity contribution >= 4 is 34.6 Å². The summed E-state index contributed by atoms with van der Waals surface area (Å²) < 4.78 is 0. The number of carbonyl (C=O) groups is 1. The van der Waals surface area contributed by atoms with Crippen LogP contribution in [-0.2, 0) is 4.79 Å². The number of benzene rings is 1. The number of nitrogens with one attached hydrogen (secondary N) is 2. The van der Waals surface area contributed by atoms with Crippen LogP contribution < -0.4 is 16.5 Å². The number of hydrogen-bond acceptors (Lipinski definition) is 3. The van der Waals surface area contributed by atoms with E-state index in [1.165, 1.54) is 0 Å². The van der Waals surface area contributed by atoms with Gasteiger partial charge in [0, 0.05) is 11.4 Å². The minimum atomic E-state index is -0.129. The van der Waals surface area contributed by atoms with Crippen molar-refractivity contribution in [2.45, 2.75) is 20.3 Å². The van der Waals surface area contributed by atoms with Gasteiger partial charge in [-0.3, -0.25) is 10.2 Å². The van der Waals surface area contributed by atoms with Crippen molar-refractivity contribution in [3.63, 3.8) is 0 Å². The Labute approximate surface area is 111 Å². The Balaban J connectivity index is 2.55. The molecule has 1 aromatic rings. The Hall–Kier alpha value is -1.95. The summed E-state index contributed by atoms with van der Waals surface area (Å²) in [6, 6.07) is 7.58. The summed E-state index contributed by atoms with van der Waals surface area (Å²) in [7, 11) is 0. The highest BCUT2D eigenvalue weighted by atomic mass is 32.1. The molecule has 0 spiro atoms. The molecule has 0 heterocycles. The Morgan fingerprint density at radius 2 is 2.11 bits per heavy atom. The molecule has 1 aromatic carbocycles. The molecule has 4 N–H and O–H groups in total. The average molecular weight is 264 g/mol. The molecule has 1 amide bonds. The number of nitrogens with zero attached hydrogens (tertiary/aromatic N) is 1. The van der Waals surface area contributed by atoms with Gasteiger partial charge in [0.1, 0.15) is 0 Å². The zero-order chi connectivity index (χ0) is 13.5. The van der Waals surface area contributed by atoms with E-state index in [0.717, 1.165) is 11.3 Å². The second-order valence-electron chi connectivity index (χ2n) is 3.86. The van der Waals surface area contributed by atoms with E-state index in [2.05, 4.69) is 28.1 Å². The Morgan fingerprint density at radius 1 is 1.44 bits per heavy atom. The van der Waals surface area contributed by atoms with Crippen LogP contribution in [0, 0.1) is 6.92 Å². The molecule has 5 nitrogen and oxygen atoms in total. The first-order valence-corrected chi connectivity index (χ1v) is 5.84. The number of para-hydroxylation sites is 1. The van der Waals surface area contributed by atoms with Gasteiger partial charge >= 0.3 is 0 Å². The van der Waals surface area contributed by atoms with Crippen LogP contribution in [0.2, 0.25) is 0 Å². The van der Waals surface area contributed by atoms with E-state index in [1.54, 1.807) is 6.92 Å². The molecule has 0 aromatic heterocycles. The molecule has 0 aliphatic carbocycles. The second-order valence-corrected chi connectivity index (χ2v) is 4.30. The molecule has 18 heavy (non-hydrogen) atoms. The van der Waals surface area contributed by atoms with Crippen LogP contribution in [0.15, 0.2) is 29.4 Å². The van der Waals surface area contributed by atoms with Crippen LogP contribution >= 0.6 is 12.2 Å². The number of hydrogen-bond donors (Lipinski definition) is 3. The highest BCUT2D eigenvalue weighted by molar-refractivity contribution is 7.80. The summed E-state index contributed by atoms with van der Waals surface area (Å²) >= 11 is 4.61. The van der Waals surface area contributed by atoms with Gasteiger partial charge in [0.05, 0.1) is 6.42 Å². The van der Waals surface area contributed by atoms with Crippen molar-refractivity contribution in [2.24, 2.45) is 10.8 Å². The highest BCUT2D eigenvalue weighted by Gasteiger charge is 2.05. The van der Waals surface area contributed by atoms with Crippen molar-refractivity contribution in [1.82, 2.24) is 5.43 Å². The van der Waals surface area contributed by atoms with E-state index in [1.807, 2.05) is 31.2 Å². The molecule has 0 aliphatic rings. The Kier molecular flexibility index (Phi) is 5.26. The SMILES string of the molecule is C/C(CC(=O)Nc1ccccc1C)=N/NC(N)=S. The predicted molar refractivity (Wildman–Crippen MR) is 77.5 cm³/mol. The lowest BCUT2D eigenvalue weighted by atomic mass is 10.2. The van der Waals surface area contributed by atoms with E-state index in [0.29, 0.717) is 5.71 Å². The third-order valence-electron chi connectivity index (χ3n) is 2.19. The summed E-state index contributed by atoms with van der Waals surface area (Å²) in [4.78, 5) is 11.7. The van der Waals surface area contributed by atoms with E-state index >= 15 is 0 Å². The monoisotopic (exact) mass is 264 g/mol. The Bertz CT molecular complexity index is 485. The molecule has 0 saturated heterocycles. The van der Waals surface area contributed by atoms with Gasteiger partial charge in [-0.2, -0.15) is 5.10 Å². The molecule has 0 aliphatic heterocycles. The van der Waals surface area contributed by atoms with Crippen LogP contribution in [0.3, 0.4) is 0 Å². The fraction of sp³-hybridized carbons (Fsp3) is 0.250. The maximum absolute atomic E-state index is 11.7. The lowest BCUT2D eigenvalue weighted by Gasteiger charge is -2.07. The van der Waals surface area contributed by atoms with E-state index in [4.69, 9.17) is 5.73 Å². The summed E-state index contributed by atoms with van der Waals surface area (Å²) in [5, 5.41) is 6.76. The lowest BCUT2D eigenvalue weighted by Crippen LogP contribution is -2.26. The van der Waals surface area contributed by atoms with Gasteiger partial charge in [-0.1, -0.05) is 18.2 Å². The number of carbonyl (C=O) groups excluding carboxylic acids is 1. The van der Waals surface area contributed by atoms with Crippen LogP contribution in [0.25, 0.3) is 0 Å². The Morgan fingerprint density at radius 3 is 2.72 bits per heavy atom. The molecule has 1 rings (SSSR count). The van der Waals surface area contributed by atoms with E-state index < -0.39 is 0 Å². The van der Waals surface area contributed by atoms with Gasteiger partial charge in [0.15, 0.2) is 5.11 Å². The van der Waals surface area contributed by atoms with Gasteiger partial charge in [0.2, 0.25) is 5.91 Å². The van der Waals surface area contributed by atoms with Crippen molar-refractivity contribution in [1.29, 1.82) is 0 Å². The molecular formula is C12H16N4OS. The smallest absolute Gasteiger partial charge is 0.230 e. The molecule has 0 bridgehead atoms. The van der Waals surface area contributed by atoms with Gasteiger partial charge < -0.3 is 11.1 Å². The maximum Gasteiger partial charge on any atom is 0.230 e. The van der Waals surface area contributed by atoms with Crippen LogP contribution in [0.4, 0.5) is 5.69 Å². The average Bonchev–Trinajstić information content (AvgIpc) is 2.29. The van der Waals surface area contributed by atoms with Gasteiger partial charge in [-0.15, -0.1) is 0 Å². The van der Waals surface area contributed by atoms with E-state index in [9.17, 15) is 4.79 Å². The number of rotatable bonds is 4. The van der Waals surface area contributed by atoms with Crippen LogP contribution in [0.5, 0.6) is 0 Å². The molecule has 96 valence electrons. The maximum atomic E-state index is 11.7. The van der Waals surface area contributed by atoms with Crippen molar-refractivity contribution in [3.8, 4) is 0 Å². The number of anilines is 1. The number of aryl methyl sites for hydroxylation is 1. The number of hydrazone groups is 1. The third kappa shape index (κ3) is 4.92. The summed E-state index contributed by atoms with van der Waals surface area (Å²) in [6.45, 7) is 3.66. The molecule has 6 heteroatoms. The molecule has 0 atom stereocenters. The third-order valence-corrected chi connectivity index (χ3v) is 2.28. The topological polar surface area (TPSA) is 79.5 Å². The quantitative estimate of drug-likeness (QED) is 0.438. The molecule has 0 radical (unpaired) electrons. The first-order valence-electron chi connectivity index (χ1n) is 5.43. The molecule has 0 fully saturated rings. The molecule has 0 unspecified atom stereocenters. The lowest BCUT2D eigenvalue weighted by molar-refractivity contribution is -0.115. The fourth-order valence-corrected chi connectivity index (χ4v) is 1.38. The minimum Gasteiger partial charge on any atom is -0.375 e.